The molecule has 0 aromatic heterocycles. The predicted octanol–water partition coefficient (Wildman–Crippen LogP) is 15.7. The fraction of sp³-hybridized carbons (Fsp3) is 0.980. The Morgan fingerprint density at radius 1 is 0.483 bits per heavy atom. The van der Waals surface area contributed by atoms with E-state index in [1.165, 1.54) is 225 Å². The van der Waals surface area contributed by atoms with Gasteiger partial charge in [0.15, 0.2) is 0 Å². The van der Waals surface area contributed by atoms with Gasteiger partial charge in [-0.1, -0.05) is 271 Å². The van der Waals surface area contributed by atoms with Crippen LogP contribution in [0.4, 0.5) is 0 Å². The van der Waals surface area contributed by atoms with Gasteiger partial charge in [0.2, 0.25) is 5.91 Å². The van der Waals surface area contributed by atoms with Crippen molar-refractivity contribution >= 4 is 13.7 Å². The van der Waals surface area contributed by atoms with Gasteiger partial charge in [-0.05, 0) is 12.8 Å². The lowest BCUT2D eigenvalue weighted by molar-refractivity contribution is -0.123. The molecule has 0 fully saturated rings. The van der Waals surface area contributed by atoms with Gasteiger partial charge in [-0.2, -0.15) is 0 Å². The van der Waals surface area contributed by atoms with Gasteiger partial charge in [0.05, 0.1) is 25.4 Å². The van der Waals surface area contributed by atoms with E-state index in [1.807, 2.05) is 0 Å². The summed E-state index contributed by atoms with van der Waals surface area (Å²) in [5, 5.41) is 13.8. The lowest BCUT2D eigenvalue weighted by Crippen LogP contribution is -2.46. The first-order valence-electron chi connectivity index (χ1n) is 26.7. The standard InChI is InChI=1S/C51H105N2O6P/c1-3-5-7-9-11-13-15-16-17-18-19-20-21-22-23-24-25-26-27-28-29-30-31-32-33-35-37-39-41-43-45-51(55)53-49(48-59-60(56,57)58-47-46-52)50(54)44-42-40-38-36-34-14-12-10-8-6-4-2/h49-50,54H,3-48,52H2,1-2H3,(H,53,55)(H,56,57)/t49-,50+/m0/s1. The van der Waals surface area contributed by atoms with Crippen LogP contribution < -0.4 is 11.1 Å². The Kier molecular flexibility index (Phi) is 47.6. The Morgan fingerprint density at radius 3 is 1.07 bits per heavy atom. The van der Waals surface area contributed by atoms with Crippen molar-refractivity contribution in [3.63, 3.8) is 0 Å². The van der Waals surface area contributed by atoms with Crippen LogP contribution in [-0.4, -0.2) is 47.8 Å². The fourth-order valence-electron chi connectivity index (χ4n) is 8.44. The number of aliphatic hydroxyl groups excluding tert-OH is 1. The van der Waals surface area contributed by atoms with Crippen LogP contribution in [0.25, 0.3) is 0 Å². The zero-order valence-corrected chi connectivity index (χ0v) is 41.1. The van der Waals surface area contributed by atoms with Crippen LogP contribution in [0.5, 0.6) is 0 Å². The summed E-state index contributed by atoms with van der Waals surface area (Å²) < 4.78 is 22.2. The first kappa shape index (κ1) is 59.5. The lowest BCUT2D eigenvalue weighted by atomic mass is 10.0. The highest BCUT2D eigenvalue weighted by molar-refractivity contribution is 7.47. The summed E-state index contributed by atoms with van der Waals surface area (Å²) in [5.74, 6) is -0.155. The minimum absolute atomic E-state index is 0.0925. The molecule has 0 rings (SSSR count). The van der Waals surface area contributed by atoms with Gasteiger partial charge < -0.3 is 21.1 Å². The van der Waals surface area contributed by atoms with E-state index in [1.54, 1.807) is 0 Å². The van der Waals surface area contributed by atoms with Crippen LogP contribution >= 0.6 is 7.82 Å². The number of carbonyl (C=O) groups excluding carboxylic acids is 1. The third-order valence-corrected chi connectivity index (χ3v) is 13.4. The fourth-order valence-corrected chi connectivity index (χ4v) is 9.19. The highest BCUT2D eigenvalue weighted by atomic mass is 31.2. The van der Waals surface area contributed by atoms with Crippen molar-refractivity contribution in [3.8, 4) is 0 Å². The van der Waals surface area contributed by atoms with Crippen molar-refractivity contribution in [2.75, 3.05) is 19.8 Å². The lowest BCUT2D eigenvalue weighted by Gasteiger charge is -2.25. The number of rotatable bonds is 51. The molecule has 5 N–H and O–H groups in total. The third kappa shape index (κ3) is 45.5. The predicted molar refractivity (Wildman–Crippen MR) is 259 cm³/mol. The minimum atomic E-state index is -4.31. The molecule has 0 saturated heterocycles. The average Bonchev–Trinajstić information content (AvgIpc) is 3.24. The number of phosphoric acid groups is 1. The number of hydrogen-bond acceptors (Lipinski definition) is 6. The molecule has 0 aromatic carbocycles. The largest absolute Gasteiger partial charge is 0.472 e. The van der Waals surface area contributed by atoms with Gasteiger partial charge in [0, 0.05) is 13.0 Å². The van der Waals surface area contributed by atoms with Gasteiger partial charge in [-0.15, -0.1) is 0 Å². The Bertz CT molecular complexity index is 911. The van der Waals surface area contributed by atoms with E-state index in [0.717, 1.165) is 38.5 Å². The van der Waals surface area contributed by atoms with Crippen LogP contribution in [0.3, 0.4) is 0 Å². The van der Waals surface area contributed by atoms with E-state index in [2.05, 4.69) is 19.2 Å². The Balaban J connectivity index is 3.79. The molecule has 0 heterocycles. The first-order chi connectivity index (χ1) is 29.4. The molecule has 0 aliphatic heterocycles. The Labute approximate surface area is 373 Å². The van der Waals surface area contributed by atoms with Crippen molar-refractivity contribution in [2.45, 2.75) is 302 Å². The van der Waals surface area contributed by atoms with Crippen LogP contribution in [0.2, 0.25) is 0 Å². The van der Waals surface area contributed by atoms with Crippen LogP contribution in [0, 0.1) is 0 Å². The molecule has 0 aliphatic rings. The molecule has 8 nitrogen and oxygen atoms in total. The normalized spacial score (nSPS) is 13.8. The second-order valence-corrected chi connectivity index (χ2v) is 19.9. The maximum Gasteiger partial charge on any atom is 0.472 e. The van der Waals surface area contributed by atoms with Crippen molar-refractivity contribution in [2.24, 2.45) is 5.73 Å². The number of phosphoric ester groups is 1. The highest BCUT2D eigenvalue weighted by Crippen LogP contribution is 2.43. The zero-order valence-electron chi connectivity index (χ0n) is 40.2. The van der Waals surface area contributed by atoms with Crippen LogP contribution in [0.15, 0.2) is 0 Å². The van der Waals surface area contributed by atoms with E-state index in [4.69, 9.17) is 14.8 Å². The van der Waals surface area contributed by atoms with Gasteiger partial charge in [0.1, 0.15) is 0 Å². The molecule has 0 saturated carbocycles. The molecule has 1 amide bonds. The van der Waals surface area contributed by atoms with E-state index in [-0.39, 0.29) is 25.7 Å². The Morgan fingerprint density at radius 2 is 0.767 bits per heavy atom. The number of nitrogens with two attached hydrogens (primary N) is 1. The summed E-state index contributed by atoms with van der Waals surface area (Å²) in [7, 11) is -4.31. The summed E-state index contributed by atoms with van der Waals surface area (Å²) in [4.78, 5) is 22.8. The molecule has 0 spiro atoms. The molecule has 3 atom stereocenters. The molecule has 0 aliphatic carbocycles. The molecular formula is C51H105N2O6P. The van der Waals surface area contributed by atoms with Gasteiger partial charge >= 0.3 is 7.82 Å². The molecule has 60 heavy (non-hydrogen) atoms. The van der Waals surface area contributed by atoms with Crippen molar-refractivity contribution in [3.05, 3.63) is 0 Å². The van der Waals surface area contributed by atoms with Gasteiger partial charge in [-0.25, -0.2) is 4.57 Å². The number of hydrogen-bond donors (Lipinski definition) is 4. The second-order valence-electron chi connectivity index (χ2n) is 18.5. The van der Waals surface area contributed by atoms with Gasteiger partial charge in [-0.3, -0.25) is 13.8 Å². The molecule has 1 unspecified atom stereocenters. The van der Waals surface area contributed by atoms with Crippen molar-refractivity contribution < 1.29 is 28.4 Å². The number of amides is 1. The van der Waals surface area contributed by atoms with Crippen LogP contribution in [-0.2, 0) is 18.4 Å². The number of carbonyl (C=O) groups is 1. The summed E-state index contributed by atoms with van der Waals surface area (Å²) in [6.07, 6.45) is 54.4. The van der Waals surface area contributed by atoms with E-state index < -0.39 is 20.0 Å². The molecule has 9 heteroatoms. The monoisotopic (exact) mass is 873 g/mol. The van der Waals surface area contributed by atoms with Crippen molar-refractivity contribution in [1.82, 2.24) is 5.32 Å². The smallest absolute Gasteiger partial charge is 0.391 e. The molecule has 0 aromatic rings. The summed E-state index contributed by atoms with van der Waals surface area (Å²) >= 11 is 0. The zero-order chi connectivity index (χ0) is 43.9. The average molecular weight is 873 g/mol. The molecule has 0 bridgehead atoms. The van der Waals surface area contributed by atoms with Crippen LogP contribution in [0.1, 0.15) is 290 Å². The summed E-state index contributed by atoms with van der Waals surface area (Å²) in [6.45, 7) is 4.24. The second kappa shape index (κ2) is 48.0. The highest BCUT2D eigenvalue weighted by Gasteiger charge is 2.27. The van der Waals surface area contributed by atoms with E-state index in [0.29, 0.717) is 12.8 Å². The van der Waals surface area contributed by atoms with Gasteiger partial charge in [0.25, 0.3) is 0 Å². The number of aliphatic hydroxyl groups is 1. The SMILES string of the molecule is CCCCCCCCCCCCCCCCCCCCCCCCCCCCCCCCC(=O)N[C@@H](COP(=O)(O)OCCN)[C@H](O)CCCCCCCCCCCCC. The molecular weight excluding hydrogens is 768 g/mol. The topological polar surface area (TPSA) is 131 Å². The quantitative estimate of drug-likeness (QED) is 0.0354. The first-order valence-corrected chi connectivity index (χ1v) is 28.1. The minimum Gasteiger partial charge on any atom is -0.391 e. The molecule has 0 radical (unpaired) electrons. The van der Waals surface area contributed by atoms with E-state index in [9.17, 15) is 19.4 Å². The number of unbranched alkanes of at least 4 members (excludes halogenated alkanes) is 39. The summed E-state index contributed by atoms with van der Waals surface area (Å²) in [6, 6.07) is -0.767. The molecule has 360 valence electrons. The number of nitrogens with one attached hydrogen (secondary N) is 1. The van der Waals surface area contributed by atoms with Crippen molar-refractivity contribution in [1.29, 1.82) is 0 Å². The Hall–Kier alpha value is -0.500. The third-order valence-electron chi connectivity index (χ3n) is 12.5. The van der Waals surface area contributed by atoms with E-state index >= 15 is 0 Å². The maximum atomic E-state index is 12.8. The summed E-state index contributed by atoms with van der Waals surface area (Å²) in [5.41, 5.74) is 5.39. The maximum absolute atomic E-state index is 12.8.